The number of nitrogens with one attached hydrogen (secondary N) is 1. The fraction of sp³-hybridized carbons (Fsp3) is 0.733. The van der Waals surface area contributed by atoms with Gasteiger partial charge in [-0.2, -0.15) is 0 Å². The van der Waals surface area contributed by atoms with Crippen LogP contribution in [-0.4, -0.2) is 29.6 Å². The van der Waals surface area contributed by atoms with Gasteiger partial charge in [-0.05, 0) is 43.6 Å². The minimum Gasteiger partial charge on any atom is -0.309 e. The maximum Gasteiger partial charge on any atom is 0.0332 e. The van der Waals surface area contributed by atoms with E-state index < -0.39 is 0 Å². The van der Waals surface area contributed by atoms with Crippen LogP contribution in [-0.2, 0) is 6.54 Å². The molecule has 100 valence electrons. The first-order chi connectivity index (χ1) is 8.70. The summed E-state index contributed by atoms with van der Waals surface area (Å²) in [4.78, 5) is 4.25. The van der Waals surface area contributed by atoms with Gasteiger partial charge in [0.2, 0.25) is 0 Å². The van der Waals surface area contributed by atoms with Crippen LogP contribution in [0.1, 0.15) is 38.0 Å². The summed E-state index contributed by atoms with van der Waals surface area (Å²) in [7, 11) is 0. The van der Waals surface area contributed by atoms with E-state index in [1.165, 1.54) is 37.2 Å². The Hall–Kier alpha value is -0.380. The molecule has 2 heterocycles. The fourth-order valence-corrected chi connectivity index (χ4v) is 3.79. The molecule has 2 fully saturated rings. The topological polar surface area (TPSA) is 15.3 Å². The van der Waals surface area contributed by atoms with Gasteiger partial charge in [-0.25, -0.2) is 0 Å². The molecule has 0 spiro atoms. The van der Waals surface area contributed by atoms with Crippen LogP contribution in [0.15, 0.2) is 17.5 Å². The predicted molar refractivity (Wildman–Crippen MR) is 77.9 cm³/mol. The molecule has 1 aliphatic heterocycles. The van der Waals surface area contributed by atoms with Gasteiger partial charge in [0.25, 0.3) is 0 Å². The lowest BCUT2D eigenvalue weighted by atomic mass is 9.92. The smallest absolute Gasteiger partial charge is 0.0332 e. The van der Waals surface area contributed by atoms with E-state index in [0.717, 1.165) is 18.5 Å². The first-order valence-corrected chi connectivity index (χ1v) is 8.09. The van der Waals surface area contributed by atoms with Crippen LogP contribution in [0.2, 0.25) is 0 Å². The number of piperazine rings is 1. The van der Waals surface area contributed by atoms with E-state index in [9.17, 15) is 0 Å². The molecule has 3 heteroatoms. The van der Waals surface area contributed by atoms with E-state index in [0.29, 0.717) is 5.54 Å². The monoisotopic (exact) mass is 264 g/mol. The molecule has 2 atom stereocenters. The minimum atomic E-state index is 0.308. The predicted octanol–water partition coefficient (Wildman–Crippen LogP) is 3.10. The molecule has 18 heavy (non-hydrogen) atoms. The largest absolute Gasteiger partial charge is 0.309 e. The lowest BCUT2D eigenvalue weighted by Crippen LogP contribution is -2.62. The Morgan fingerprint density at radius 3 is 2.94 bits per heavy atom. The van der Waals surface area contributed by atoms with Crippen molar-refractivity contribution in [3.05, 3.63) is 22.4 Å². The van der Waals surface area contributed by atoms with Gasteiger partial charge in [-0.1, -0.05) is 13.0 Å². The Morgan fingerprint density at radius 1 is 1.50 bits per heavy atom. The summed E-state index contributed by atoms with van der Waals surface area (Å²) < 4.78 is 0. The van der Waals surface area contributed by atoms with Gasteiger partial charge >= 0.3 is 0 Å². The average molecular weight is 264 g/mol. The SMILES string of the molecule is CCC1(C)CN(Cc2cccs2)C(C2CC2)CN1. The van der Waals surface area contributed by atoms with E-state index in [2.05, 4.69) is 41.6 Å². The standard InChI is InChI=1S/C15H24N2S/c1-3-15(2)11-17(10-13-5-4-8-18-13)14(9-16-15)12-6-7-12/h4-5,8,12,14,16H,3,6-7,9-11H2,1-2H3. The zero-order valence-corrected chi connectivity index (χ0v) is 12.3. The van der Waals surface area contributed by atoms with E-state index in [1.54, 1.807) is 0 Å². The molecule has 1 N–H and O–H groups in total. The van der Waals surface area contributed by atoms with Gasteiger partial charge in [0.1, 0.15) is 0 Å². The maximum absolute atomic E-state index is 3.79. The molecule has 1 saturated carbocycles. The summed E-state index contributed by atoms with van der Waals surface area (Å²) in [6.45, 7) is 8.20. The van der Waals surface area contributed by atoms with Crippen molar-refractivity contribution in [2.45, 2.75) is 51.2 Å². The first-order valence-electron chi connectivity index (χ1n) is 7.22. The van der Waals surface area contributed by atoms with Crippen molar-refractivity contribution >= 4 is 11.3 Å². The average Bonchev–Trinajstić information content (AvgIpc) is 3.08. The Bertz CT molecular complexity index is 385. The fourth-order valence-electron chi connectivity index (χ4n) is 3.06. The number of hydrogen-bond acceptors (Lipinski definition) is 3. The molecule has 3 rings (SSSR count). The van der Waals surface area contributed by atoms with Crippen molar-refractivity contribution < 1.29 is 0 Å². The first kappa shape index (κ1) is 12.6. The molecule has 1 aromatic heterocycles. The van der Waals surface area contributed by atoms with Crippen LogP contribution < -0.4 is 5.32 Å². The van der Waals surface area contributed by atoms with Crippen molar-refractivity contribution in [1.82, 2.24) is 10.2 Å². The molecule has 0 aromatic carbocycles. The molecule has 1 saturated heterocycles. The van der Waals surface area contributed by atoms with Gasteiger partial charge < -0.3 is 5.32 Å². The summed E-state index contributed by atoms with van der Waals surface area (Å²) in [6, 6.07) is 5.22. The summed E-state index contributed by atoms with van der Waals surface area (Å²) in [6.07, 6.45) is 4.09. The second-order valence-corrected chi connectivity index (χ2v) is 7.22. The highest BCUT2D eigenvalue weighted by molar-refractivity contribution is 7.09. The van der Waals surface area contributed by atoms with Gasteiger partial charge in [0.15, 0.2) is 0 Å². The molecule has 1 aromatic rings. The second kappa shape index (κ2) is 4.95. The molecular weight excluding hydrogens is 240 g/mol. The highest BCUT2D eigenvalue weighted by atomic mass is 32.1. The zero-order valence-electron chi connectivity index (χ0n) is 11.5. The molecule has 2 aliphatic rings. The van der Waals surface area contributed by atoms with Crippen molar-refractivity contribution in [3.63, 3.8) is 0 Å². The van der Waals surface area contributed by atoms with Gasteiger partial charge in [-0.3, -0.25) is 4.90 Å². The van der Waals surface area contributed by atoms with Crippen LogP contribution in [0.3, 0.4) is 0 Å². The number of rotatable bonds is 4. The number of nitrogens with zero attached hydrogens (tertiary/aromatic N) is 1. The molecular formula is C15H24N2S. The van der Waals surface area contributed by atoms with Crippen molar-refractivity contribution in [1.29, 1.82) is 0 Å². The second-order valence-electron chi connectivity index (χ2n) is 6.18. The maximum atomic E-state index is 3.79. The van der Waals surface area contributed by atoms with E-state index in [-0.39, 0.29) is 0 Å². The van der Waals surface area contributed by atoms with E-state index >= 15 is 0 Å². The van der Waals surface area contributed by atoms with E-state index in [4.69, 9.17) is 0 Å². The molecule has 0 amide bonds. The van der Waals surface area contributed by atoms with Gasteiger partial charge in [0.05, 0.1) is 0 Å². The van der Waals surface area contributed by atoms with E-state index in [1.807, 2.05) is 11.3 Å². The molecule has 2 nitrogen and oxygen atoms in total. The normalized spacial score (nSPS) is 33.8. The summed E-state index contributed by atoms with van der Waals surface area (Å²) >= 11 is 1.90. The Kier molecular flexibility index (Phi) is 3.48. The number of thiophene rings is 1. The zero-order chi connectivity index (χ0) is 12.6. The van der Waals surface area contributed by atoms with Crippen LogP contribution in [0.5, 0.6) is 0 Å². The number of hydrogen-bond donors (Lipinski definition) is 1. The summed E-state index contributed by atoms with van der Waals surface area (Å²) in [5.74, 6) is 0.957. The van der Waals surface area contributed by atoms with Crippen molar-refractivity contribution in [2.75, 3.05) is 13.1 Å². The third-order valence-electron chi connectivity index (χ3n) is 4.64. The highest BCUT2D eigenvalue weighted by Crippen LogP contribution is 2.38. The van der Waals surface area contributed by atoms with Crippen LogP contribution in [0.25, 0.3) is 0 Å². The lowest BCUT2D eigenvalue weighted by molar-refractivity contribution is 0.0671. The highest BCUT2D eigenvalue weighted by Gasteiger charge is 2.41. The van der Waals surface area contributed by atoms with Crippen molar-refractivity contribution in [3.8, 4) is 0 Å². The van der Waals surface area contributed by atoms with Crippen LogP contribution in [0, 0.1) is 5.92 Å². The lowest BCUT2D eigenvalue weighted by Gasteiger charge is -2.46. The van der Waals surface area contributed by atoms with Gasteiger partial charge in [0, 0.05) is 36.1 Å². The van der Waals surface area contributed by atoms with Gasteiger partial charge in [-0.15, -0.1) is 11.3 Å². The third kappa shape index (κ3) is 2.63. The molecule has 0 bridgehead atoms. The van der Waals surface area contributed by atoms with Crippen LogP contribution in [0.4, 0.5) is 0 Å². The van der Waals surface area contributed by atoms with Crippen LogP contribution >= 0.6 is 11.3 Å². The Balaban J connectivity index is 1.72. The quantitative estimate of drug-likeness (QED) is 0.899. The molecule has 2 unspecified atom stereocenters. The third-order valence-corrected chi connectivity index (χ3v) is 5.51. The summed E-state index contributed by atoms with van der Waals surface area (Å²) in [5, 5.41) is 5.99. The summed E-state index contributed by atoms with van der Waals surface area (Å²) in [5.41, 5.74) is 0.308. The minimum absolute atomic E-state index is 0.308. The Labute approximate surface area is 114 Å². The Morgan fingerprint density at radius 2 is 2.33 bits per heavy atom. The molecule has 1 aliphatic carbocycles. The van der Waals surface area contributed by atoms with Crippen molar-refractivity contribution in [2.24, 2.45) is 5.92 Å². The molecule has 0 radical (unpaired) electrons.